The first-order chi connectivity index (χ1) is 14.5. The molecule has 1 atom stereocenters. The van der Waals surface area contributed by atoms with Gasteiger partial charge < -0.3 is 19.4 Å². The van der Waals surface area contributed by atoms with Crippen molar-refractivity contribution in [3.8, 4) is 0 Å². The van der Waals surface area contributed by atoms with Crippen molar-refractivity contribution >= 4 is 11.8 Å². The molecule has 1 unspecified atom stereocenters. The predicted octanol–water partition coefficient (Wildman–Crippen LogP) is 2.29. The van der Waals surface area contributed by atoms with Gasteiger partial charge in [-0.2, -0.15) is 0 Å². The number of carbonyl (C=O) groups excluding carboxylic acids is 2. The fourth-order valence-corrected chi connectivity index (χ4v) is 4.11. The van der Waals surface area contributed by atoms with Crippen molar-refractivity contribution in [3.05, 3.63) is 69.0 Å². The zero-order valence-corrected chi connectivity index (χ0v) is 16.7. The summed E-state index contributed by atoms with van der Waals surface area (Å²) in [4.78, 5) is 39.9. The van der Waals surface area contributed by atoms with Crippen molar-refractivity contribution in [2.24, 2.45) is 0 Å². The lowest BCUT2D eigenvalue weighted by Crippen LogP contribution is -2.53. The van der Waals surface area contributed by atoms with Gasteiger partial charge in [0.2, 0.25) is 5.91 Å². The summed E-state index contributed by atoms with van der Waals surface area (Å²) in [5.74, 6) is -0.884. The number of aryl methyl sites for hydroxylation is 1. The van der Waals surface area contributed by atoms with Crippen LogP contribution in [0.5, 0.6) is 0 Å². The molecule has 0 spiro atoms. The molecule has 4 rings (SSSR count). The molecular weight excluding hydrogens is 391 g/mol. The third kappa shape index (κ3) is 3.87. The van der Waals surface area contributed by atoms with E-state index in [-0.39, 0.29) is 24.6 Å². The van der Waals surface area contributed by atoms with Crippen molar-refractivity contribution in [2.75, 3.05) is 26.3 Å². The van der Waals surface area contributed by atoms with Crippen LogP contribution < -0.4 is 10.9 Å². The number of piperazine rings is 1. The molecule has 2 amide bonds. The van der Waals surface area contributed by atoms with E-state index < -0.39 is 29.3 Å². The molecular formula is C22H23FN2O5. The fraction of sp³-hybridized carbons (Fsp3) is 0.409. The second kappa shape index (κ2) is 8.39. The van der Waals surface area contributed by atoms with Gasteiger partial charge >= 0.3 is 5.63 Å². The second-order valence-corrected chi connectivity index (χ2v) is 7.63. The molecule has 1 aromatic carbocycles. The average Bonchev–Trinajstić information content (AvgIpc) is 2.73. The Hall–Kier alpha value is -3.00. The average molecular weight is 414 g/mol. The maximum absolute atomic E-state index is 13.7. The molecule has 1 aromatic heterocycles. The molecule has 0 aliphatic carbocycles. The van der Waals surface area contributed by atoms with Crippen LogP contribution in [-0.2, 0) is 9.53 Å². The minimum Gasteiger partial charge on any atom is -0.427 e. The maximum Gasteiger partial charge on any atom is 0.349 e. The summed E-state index contributed by atoms with van der Waals surface area (Å²) in [6.07, 6.45) is 1.51. The summed E-state index contributed by atoms with van der Waals surface area (Å²) in [6.45, 7) is 3.35. The highest BCUT2D eigenvalue weighted by Crippen LogP contribution is 2.29. The standard InChI is InChI=1S/C22H23FN2O5/c1-13-11-17(14-5-9-29-10-6-14)30-22(28)18(13)21(27)25-8-7-24-20(26)19(25)15-3-2-4-16(23)12-15/h2-4,11-12,14,19H,5-10H2,1H3,(H,24,26). The van der Waals surface area contributed by atoms with Gasteiger partial charge in [-0.05, 0) is 49.1 Å². The highest BCUT2D eigenvalue weighted by molar-refractivity contribution is 5.99. The van der Waals surface area contributed by atoms with E-state index in [9.17, 15) is 18.8 Å². The van der Waals surface area contributed by atoms with Crippen LogP contribution in [0.1, 0.15) is 52.0 Å². The first-order valence-electron chi connectivity index (χ1n) is 10.0. The monoisotopic (exact) mass is 414 g/mol. The SMILES string of the molecule is Cc1cc(C2CCOCC2)oc(=O)c1C(=O)N1CCNC(=O)C1c1cccc(F)c1. The molecule has 158 valence electrons. The van der Waals surface area contributed by atoms with Crippen LogP contribution in [0.4, 0.5) is 4.39 Å². The molecule has 0 bridgehead atoms. The highest BCUT2D eigenvalue weighted by Gasteiger charge is 2.37. The first kappa shape index (κ1) is 20.3. The van der Waals surface area contributed by atoms with Gasteiger partial charge in [0.15, 0.2) is 0 Å². The maximum atomic E-state index is 13.7. The minimum atomic E-state index is -1.02. The Morgan fingerprint density at radius 2 is 1.97 bits per heavy atom. The van der Waals surface area contributed by atoms with Crippen molar-refractivity contribution in [3.63, 3.8) is 0 Å². The molecule has 2 fully saturated rings. The van der Waals surface area contributed by atoms with E-state index in [4.69, 9.17) is 9.15 Å². The molecule has 30 heavy (non-hydrogen) atoms. The van der Waals surface area contributed by atoms with Crippen LogP contribution >= 0.6 is 0 Å². The van der Waals surface area contributed by atoms with Crippen molar-refractivity contribution in [1.82, 2.24) is 10.2 Å². The molecule has 2 aliphatic heterocycles. The summed E-state index contributed by atoms with van der Waals surface area (Å²) < 4.78 is 24.6. The Morgan fingerprint density at radius 1 is 1.20 bits per heavy atom. The van der Waals surface area contributed by atoms with Gasteiger partial charge in [0.25, 0.3) is 5.91 Å². The normalized spacial score (nSPS) is 20.1. The van der Waals surface area contributed by atoms with Gasteiger partial charge in [0.05, 0.1) is 0 Å². The smallest absolute Gasteiger partial charge is 0.349 e. The van der Waals surface area contributed by atoms with Crippen LogP contribution in [0, 0.1) is 12.7 Å². The number of amides is 2. The lowest BCUT2D eigenvalue weighted by atomic mass is 9.95. The van der Waals surface area contributed by atoms with Gasteiger partial charge in [0.1, 0.15) is 23.2 Å². The summed E-state index contributed by atoms with van der Waals surface area (Å²) in [7, 11) is 0. The Morgan fingerprint density at radius 3 is 2.67 bits per heavy atom. The Balaban J connectivity index is 1.68. The Labute approximate surface area is 172 Å². The zero-order valence-electron chi connectivity index (χ0n) is 16.7. The molecule has 2 aromatic rings. The lowest BCUT2D eigenvalue weighted by Gasteiger charge is -2.35. The summed E-state index contributed by atoms with van der Waals surface area (Å²) in [5.41, 5.74) is 0.0375. The second-order valence-electron chi connectivity index (χ2n) is 7.63. The number of carbonyl (C=O) groups is 2. The van der Waals surface area contributed by atoms with E-state index in [1.54, 1.807) is 19.1 Å². The number of hydrogen-bond donors (Lipinski definition) is 1. The van der Waals surface area contributed by atoms with Gasteiger partial charge in [-0.3, -0.25) is 9.59 Å². The topological polar surface area (TPSA) is 88.8 Å². The van der Waals surface area contributed by atoms with Crippen LogP contribution in [0.2, 0.25) is 0 Å². The van der Waals surface area contributed by atoms with E-state index in [1.165, 1.54) is 23.1 Å². The number of hydrogen-bond acceptors (Lipinski definition) is 5. The fourth-order valence-electron chi connectivity index (χ4n) is 4.11. The number of ether oxygens (including phenoxy) is 1. The van der Waals surface area contributed by atoms with E-state index in [2.05, 4.69) is 5.32 Å². The minimum absolute atomic E-state index is 0.0788. The number of nitrogens with one attached hydrogen (secondary N) is 1. The van der Waals surface area contributed by atoms with Gasteiger partial charge in [-0.25, -0.2) is 9.18 Å². The molecule has 3 heterocycles. The summed E-state index contributed by atoms with van der Waals surface area (Å²) in [5, 5.41) is 2.70. The third-order valence-electron chi connectivity index (χ3n) is 5.64. The Kier molecular flexibility index (Phi) is 5.67. The molecule has 8 heteroatoms. The van der Waals surface area contributed by atoms with E-state index >= 15 is 0 Å². The van der Waals surface area contributed by atoms with Crippen LogP contribution in [0.25, 0.3) is 0 Å². The lowest BCUT2D eigenvalue weighted by molar-refractivity contribution is -0.128. The number of rotatable bonds is 3. The van der Waals surface area contributed by atoms with Gasteiger partial charge in [-0.1, -0.05) is 12.1 Å². The van der Waals surface area contributed by atoms with Crippen LogP contribution in [-0.4, -0.2) is 43.0 Å². The highest BCUT2D eigenvalue weighted by atomic mass is 19.1. The van der Waals surface area contributed by atoms with Crippen molar-refractivity contribution < 1.29 is 23.1 Å². The quantitative estimate of drug-likeness (QED) is 0.833. The Bertz CT molecular complexity index is 1030. The van der Waals surface area contributed by atoms with E-state index in [1.807, 2.05) is 0 Å². The first-order valence-corrected chi connectivity index (χ1v) is 10.0. The van der Waals surface area contributed by atoms with Gasteiger partial charge in [0, 0.05) is 32.2 Å². The predicted molar refractivity (Wildman–Crippen MR) is 106 cm³/mol. The number of halogens is 1. The van der Waals surface area contributed by atoms with E-state index in [0.29, 0.717) is 30.1 Å². The zero-order chi connectivity index (χ0) is 21.3. The number of nitrogens with zero attached hydrogens (tertiary/aromatic N) is 1. The van der Waals surface area contributed by atoms with Crippen molar-refractivity contribution in [2.45, 2.75) is 31.7 Å². The van der Waals surface area contributed by atoms with Gasteiger partial charge in [-0.15, -0.1) is 0 Å². The number of benzene rings is 1. The summed E-state index contributed by atoms with van der Waals surface area (Å²) in [6, 6.07) is 6.27. The molecule has 2 saturated heterocycles. The largest absolute Gasteiger partial charge is 0.427 e. The van der Waals surface area contributed by atoms with E-state index in [0.717, 1.165) is 12.8 Å². The summed E-state index contributed by atoms with van der Waals surface area (Å²) >= 11 is 0. The molecule has 0 saturated carbocycles. The van der Waals surface area contributed by atoms with Crippen LogP contribution in [0.3, 0.4) is 0 Å². The molecule has 2 aliphatic rings. The van der Waals surface area contributed by atoms with Crippen LogP contribution in [0.15, 0.2) is 39.5 Å². The molecule has 1 N–H and O–H groups in total. The van der Waals surface area contributed by atoms with Crippen molar-refractivity contribution in [1.29, 1.82) is 0 Å². The molecule has 0 radical (unpaired) electrons. The third-order valence-corrected chi connectivity index (χ3v) is 5.64. The molecule has 7 nitrogen and oxygen atoms in total.